The second-order valence-corrected chi connectivity index (χ2v) is 4.85. The van der Waals surface area contributed by atoms with Gasteiger partial charge in [0.05, 0.1) is 13.0 Å². The number of carbonyl (C=O) groups excluding carboxylic acids is 1. The minimum Gasteiger partial charge on any atom is -0.493 e. The maximum atomic E-state index is 11.2. The molecule has 0 saturated heterocycles. The number of benzene rings is 1. The first-order valence-corrected chi connectivity index (χ1v) is 6.99. The molecule has 1 saturated carbocycles. The van der Waals surface area contributed by atoms with Crippen LogP contribution in [0, 0.1) is 0 Å². The third-order valence-corrected chi connectivity index (χ3v) is 3.07. The van der Waals surface area contributed by atoms with Crippen molar-refractivity contribution in [2.24, 2.45) is 0 Å². The van der Waals surface area contributed by atoms with Crippen molar-refractivity contribution in [1.29, 1.82) is 0 Å². The molecule has 0 heterocycles. The van der Waals surface area contributed by atoms with Crippen LogP contribution in [-0.4, -0.2) is 25.1 Å². The molecule has 0 unspecified atom stereocenters. The Kier molecular flexibility index (Phi) is 5.21. The smallest absolute Gasteiger partial charge is 0.223 e. The topological polar surface area (TPSA) is 50.4 Å². The van der Waals surface area contributed by atoms with E-state index >= 15 is 0 Å². The SMILES string of the molecule is CCNC(=O)CCOc1ccc(CNC2CC2)cc1. The lowest BCUT2D eigenvalue weighted by molar-refractivity contribution is -0.121. The Bertz CT molecular complexity index is 399. The largest absolute Gasteiger partial charge is 0.493 e. The van der Waals surface area contributed by atoms with E-state index in [1.165, 1.54) is 18.4 Å². The average molecular weight is 262 g/mol. The quantitative estimate of drug-likeness (QED) is 0.751. The van der Waals surface area contributed by atoms with Crippen molar-refractivity contribution in [3.8, 4) is 5.75 Å². The fraction of sp³-hybridized carbons (Fsp3) is 0.533. The summed E-state index contributed by atoms with van der Waals surface area (Å²) < 4.78 is 5.53. The zero-order valence-electron chi connectivity index (χ0n) is 11.4. The highest BCUT2D eigenvalue weighted by Crippen LogP contribution is 2.19. The summed E-state index contributed by atoms with van der Waals surface area (Å²) in [4.78, 5) is 11.2. The molecule has 1 aliphatic carbocycles. The van der Waals surface area contributed by atoms with Gasteiger partial charge in [0.1, 0.15) is 5.75 Å². The lowest BCUT2D eigenvalue weighted by Gasteiger charge is -2.08. The zero-order chi connectivity index (χ0) is 13.5. The maximum Gasteiger partial charge on any atom is 0.223 e. The third-order valence-electron chi connectivity index (χ3n) is 3.07. The number of ether oxygens (including phenoxy) is 1. The van der Waals surface area contributed by atoms with Crippen LogP contribution in [0.2, 0.25) is 0 Å². The van der Waals surface area contributed by atoms with Gasteiger partial charge in [-0.3, -0.25) is 4.79 Å². The molecule has 0 radical (unpaired) electrons. The van der Waals surface area contributed by atoms with Crippen LogP contribution in [-0.2, 0) is 11.3 Å². The van der Waals surface area contributed by atoms with E-state index in [9.17, 15) is 4.79 Å². The van der Waals surface area contributed by atoms with Gasteiger partial charge in [0, 0.05) is 19.1 Å². The molecule has 0 aromatic heterocycles. The third kappa shape index (κ3) is 5.30. The number of nitrogens with one attached hydrogen (secondary N) is 2. The fourth-order valence-corrected chi connectivity index (χ4v) is 1.80. The number of amides is 1. The highest BCUT2D eigenvalue weighted by atomic mass is 16.5. The Morgan fingerprint density at radius 2 is 2.05 bits per heavy atom. The van der Waals surface area contributed by atoms with Crippen LogP contribution in [0.1, 0.15) is 31.7 Å². The molecule has 104 valence electrons. The van der Waals surface area contributed by atoms with Crippen molar-refractivity contribution in [1.82, 2.24) is 10.6 Å². The van der Waals surface area contributed by atoms with Crippen molar-refractivity contribution in [2.45, 2.75) is 38.8 Å². The molecule has 4 heteroatoms. The molecule has 1 aromatic rings. The molecule has 1 aliphatic rings. The fourth-order valence-electron chi connectivity index (χ4n) is 1.80. The molecule has 1 amide bonds. The average Bonchev–Trinajstić information content (AvgIpc) is 3.22. The van der Waals surface area contributed by atoms with Gasteiger partial charge in [0.25, 0.3) is 0 Å². The van der Waals surface area contributed by atoms with Gasteiger partial charge >= 0.3 is 0 Å². The number of rotatable bonds is 8. The van der Waals surface area contributed by atoms with Gasteiger partial charge in [-0.1, -0.05) is 12.1 Å². The summed E-state index contributed by atoms with van der Waals surface area (Å²) in [5, 5.41) is 6.22. The van der Waals surface area contributed by atoms with Crippen molar-refractivity contribution in [3.05, 3.63) is 29.8 Å². The second-order valence-electron chi connectivity index (χ2n) is 4.85. The molecule has 1 aromatic carbocycles. The molecule has 0 spiro atoms. The molecule has 19 heavy (non-hydrogen) atoms. The Balaban J connectivity index is 1.67. The van der Waals surface area contributed by atoms with Crippen LogP contribution in [0.5, 0.6) is 5.75 Å². The van der Waals surface area contributed by atoms with Crippen molar-refractivity contribution in [3.63, 3.8) is 0 Å². The van der Waals surface area contributed by atoms with Crippen LogP contribution < -0.4 is 15.4 Å². The predicted octanol–water partition coefficient (Wildman–Crippen LogP) is 1.84. The number of carbonyl (C=O) groups is 1. The lowest BCUT2D eigenvalue weighted by atomic mass is 10.2. The first-order valence-electron chi connectivity index (χ1n) is 6.99. The van der Waals surface area contributed by atoms with Crippen LogP contribution in [0.4, 0.5) is 0 Å². The van der Waals surface area contributed by atoms with Crippen molar-refractivity contribution < 1.29 is 9.53 Å². The van der Waals surface area contributed by atoms with Crippen LogP contribution in [0.15, 0.2) is 24.3 Å². The van der Waals surface area contributed by atoms with Gasteiger partial charge < -0.3 is 15.4 Å². The predicted molar refractivity (Wildman–Crippen MR) is 75.1 cm³/mol. The minimum atomic E-state index is 0.0350. The molecule has 0 bridgehead atoms. The van der Waals surface area contributed by atoms with E-state index in [4.69, 9.17) is 4.74 Å². The van der Waals surface area contributed by atoms with Gasteiger partial charge in [-0.25, -0.2) is 0 Å². The summed E-state index contributed by atoms with van der Waals surface area (Å²) in [6.07, 6.45) is 3.01. The highest BCUT2D eigenvalue weighted by Gasteiger charge is 2.19. The number of hydrogen-bond acceptors (Lipinski definition) is 3. The minimum absolute atomic E-state index is 0.0350. The first kappa shape index (κ1) is 13.9. The Morgan fingerprint density at radius 1 is 1.32 bits per heavy atom. The molecule has 2 rings (SSSR count). The number of hydrogen-bond donors (Lipinski definition) is 2. The van der Waals surface area contributed by atoms with E-state index in [1.54, 1.807) is 0 Å². The van der Waals surface area contributed by atoms with Gasteiger partial charge in [-0.05, 0) is 37.5 Å². The molecule has 0 aliphatic heterocycles. The Labute approximate surface area is 114 Å². The summed E-state index contributed by atoms with van der Waals surface area (Å²) in [6.45, 7) is 3.92. The maximum absolute atomic E-state index is 11.2. The standard InChI is InChI=1S/C15H22N2O2/c1-2-16-15(18)9-10-19-14-7-3-12(4-8-14)11-17-13-5-6-13/h3-4,7-8,13,17H,2,5-6,9-11H2,1H3,(H,16,18). The molecule has 2 N–H and O–H groups in total. The van der Waals surface area contributed by atoms with E-state index < -0.39 is 0 Å². The summed E-state index contributed by atoms with van der Waals surface area (Å²) in [7, 11) is 0. The summed E-state index contributed by atoms with van der Waals surface area (Å²) in [5.74, 6) is 0.854. The molecule has 1 fully saturated rings. The van der Waals surface area contributed by atoms with Gasteiger partial charge in [-0.2, -0.15) is 0 Å². The molecular formula is C15H22N2O2. The first-order chi connectivity index (χ1) is 9.28. The summed E-state index contributed by atoms with van der Waals surface area (Å²) in [6, 6.07) is 8.78. The molecular weight excluding hydrogens is 240 g/mol. The monoisotopic (exact) mass is 262 g/mol. The van der Waals surface area contributed by atoms with Crippen LogP contribution in [0.25, 0.3) is 0 Å². The lowest BCUT2D eigenvalue weighted by Crippen LogP contribution is -2.24. The van der Waals surface area contributed by atoms with Gasteiger partial charge in [-0.15, -0.1) is 0 Å². The van der Waals surface area contributed by atoms with Gasteiger partial charge in [0.15, 0.2) is 0 Å². The van der Waals surface area contributed by atoms with Crippen LogP contribution >= 0.6 is 0 Å². The van der Waals surface area contributed by atoms with E-state index in [0.717, 1.165) is 18.3 Å². The Morgan fingerprint density at radius 3 is 2.68 bits per heavy atom. The van der Waals surface area contributed by atoms with E-state index in [1.807, 2.05) is 19.1 Å². The van der Waals surface area contributed by atoms with E-state index in [2.05, 4.69) is 22.8 Å². The zero-order valence-corrected chi connectivity index (χ0v) is 11.4. The normalized spacial score (nSPS) is 14.2. The molecule has 4 nitrogen and oxygen atoms in total. The summed E-state index contributed by atoms with van der Waals surface area (Å²) >= 11 is 0. The van der Waals surface area contributed by atoms with E-state index in [0.29, 0.717) is 19.6 Å². The second kappa shape index (κ2) is 7.14. The van der Waals surface area contributed by atoms with Crippen molar-refractivity contribution in [2.75, 3.05) is 13.2 Å². The highest BCUT2D eigenvalue weighted by molar-refractivity contribution is 5.75. The molecule has 0 atom stereocenters. The van der Waals surface area contributed by atoms with Gasteiger partial charge in [0.2, 0.25) is 5.91 Å². The summed E-state index contributed by atoms with van der Waals surface area (Å²) in [5.41, 5.74) is 1.27. The van der Waals surface area contributed by atoms with Crippen LogP contribution in [0.3, 0.4) is 0 Å². The van der Waals surface area contributed by atoms with Crippen molar-refractivity contribution >= 4 is 5.91 Å². The Hall–Kier alpha value is -1.55. The van der Waals surface area contributed by atoms with E-state index in [-0.39, 0.29) is 5.91 Å².